The molecule has 0 saturated heterocycles. The minimum atomic E-state index is -2.47. The molecule has 0 amide bonds. The van der Waals surface area contributed by atoms with E-state index >= 15 is 0 Å². The van der Waals surface area contributed by atoms with E-state index in [1.54, 1.807) is 6.07 Å². The summed E-state index contributed by atoms with van der Waals surface area (Å²) >= 11 is 0. The Hall–Kier alpha value is -6.44. The van der Waals surface area contributed by atoms with Crippen molar-refractivity contribution in [3.63, 3.8) is 0 Å². The van der Waals surface area contributed by atoms with Crippen LogP contribution in [-0.4, -0.2) is 0 Å². The van der Waals surface area contributed by atoms with Crippen LogP contribution in [0.1, 0.15) is 66.6 Å². The van der Waals surface area contributed by atoms with Gasteiger partial charge in [0, 0.05) is 30.6 Å². The molecule has 0 bridgehead atoms. The number of benzene rings is 8. The first-order chi connectivity index (χ1) is 29.3. The van der Waals surface area contributed by atoms with E-state index in [-0.39, 0.29) is 16.5 Å². The van der Waals surface area contributed by atoms with Crippen LogP contribution in [0.15, 0.2) is 176 Å². The highest BCUT2D eigenvalue weighted by Gasteiger charge is 2.52. The molecule has 0 saturated carbocycles. The van der Waals surface area contributed by atoms with Gasteiger partial charge in [0.05, 0.1) is 11.1 Å². The summed E-state index contributed by atoms with van der Waals surface area (Å²) in [7, 11) is 0. The highest BCUT2D eigenvalue weighted by atomic mass is 15.1. The van der Waals surface area contributed by atoms with Crippen molar-refractivity contribution in [2.45, 2.75) is 38.4 Å². The Kier molecular flexibility index (Phi) is 5.52. The molecular formula is C54H41N. The predicted octanol–water partition coefficient (Wildman–Crippen LogP) is 14.1. The molecule has 1 nitrogen and oxygen atoms in total. The van der Waals surface area contributed by atoms with Gasteiger partial charge in [0.15, 0.2) is 0 Å². The number of anilines is 3. The Labute approximate surface area is 332 Å². The maximum atomic E-state index is 9.00. The predicted molar refractivity (Wildman–Crippen MR) is 230 cm³/mol. The van der Waals surface area contributed by atoms with Gasteiger partial charge in [0.2, 0.25) is 0 Å². The fourth-order valence-corrected chi connectivity index (χ4v) is 10.1. The average Bonchev–Trinajstić information content (AvgIpc) is 3.82. The Morgan fingerprint density at radius 2 is 0.945 bits per heavy atom. The summed E-state index contributed by atoms with van der Waals surface area (Å²) in [5.41, 5.74) is 16.2. The molecule has 0 heterocycles. The zero-order valence-corrected chi connectivity index (χ0v) is 30.7. The van der Waals surface area contributed by atoms with Gasteiger partial charge in [-0.3, -0.25) is 0 Å². The fraction of sp³-hybridized carbons (Fsp3) is 0.111. The Morgan fingerprint density at radius 3 is 1.64 bits per heavy atom. The maximum absolute atomic E-state index is 9.00. The first kappa shape index (κ1) is 26.4. The second kappa shape index (κ2) is 11.5. The van der Waals surface area contributed by atoms with E-state index in [1.807, 2.05) is 66.7 Å². The van der Waals surface area contributed by atoms with Crippen molar-refractivity contribution in [3.05, 3.63) is 220 Å². The summed E-state index contributed by atoms with van der Waals surface area (Å²) in [6, 6.07) is 59.8. The van der Waals surface area contributed by atoms with Gasteiger partial charge in [0.1, 0.15) is 0 Å². The van der Waals surface area contributed by atoms with E-state index in [1.165, 1.54) is 22.3 Å². The van der Waals surface area contributed by atoms with Crippen molar-refractivity contribution >= 4 is 17.1 Å². The van der Waals surface area contributed by atoms with E-state index in [4.69, 9.17) is 8.22 Å². The zero-order valence-electron chi connectivity index (χ0n) is 36.7. The second-order valence-corrected chi connectivity index (χ2v) is 15.7. The summed E-state index contributed by atoms with van der Waals surface area (Å²) in [4.78, 5) is 2.22. The van der Waals surface area contributed by atoms with Crippen molar-refractivity contribution in [3.8, 4) is 44.5 Å². The van der Waals surface area contributed by atoms with Crippen molar-refractivity contribution in [2.24, 2.45) is 0 Å². The van der Waals surface area contributed by atoms with Crippen LogP contribution in [0.25, 0.3) is 44.5 Å². The first-order valence-electron chi connectivity index (χ1n) is 22.0. The molecule has 0 unspecified atom stereocenters. The lowest BCUT2D eigenvalue weighted by atomic mass is 9.70. The summed E-state index contributed by atoms with van der Waals surface area (Å²) in [5, 5.41) is 0. The molecule has 0 atom stereocenters. The SMILES string of the molecule is [2H]C([2H])([2H])c1ccc2c(c1)C1(c3ccccc3-c3ccccc31)c1cc(C([2H])([2H])[2H])cc(N(c3ccc(-c4ccccc4)cc3)c3ccc4c(c3)C(C)(C)c3ccccc3-4)c1-2. The quantitative estimate of drug-likeness (QED) is 0.176. The minimum Gasteiger partial charge on any atom is -0.310 e. The Bertz CT molecular complexity index is 3040. The van der Waals surface area contributed by atoms with Gasteiger partial charge in [-0.1, -0.05) is 165 Å². The van der Waals surface area contributed by atoms with Gasteiger partial charge in [0.25, 0.3) is 0 Å². The summed E-state index contributed by atoms with van der Waals surface area (Å²) in [6.45, 7) is -0.294. The molecule has 0 radical (unpaired) electrons. The van der Waals surface area contributed by atoms with Gasteiger partial charge in [-0.15, -0.1) is 0 Å². The van der Waals surface area contributed by atoms with Crippen LogP contribution in [0, 0.1) is 13.7 Å². The van der Waals surface area contributed by atoms with E-state index in [0.29, 0.717) is 5.69 Å². The smallest absolute Gasteiger partial charge is 0.0726 e. The van der Waals surface area contributed by atoms with Gasteiger partial charge in [-0.05, 0) is 122 Å². The van der Waals surface area contributed by atoms with E-state index in [2.05, 4.69) is 122 Å². The molecule has 11 rings (SSSR count). The van der Waals surface area contributed by atoms with Crippen LogP contribution < -0.4 is 4.90 Å². The van der Waals surface area contributed by atoms with Crippen LogP contribution in [-0.2, 0) is 10.8 Å². The topological polar surface area (TPSA) is 3.24 Å². The molecule has 1 spiro atoms. The molecule has 0 fully saturated rings. The van der Waals surface area contributed by atoms with Gasteiger partial charge in [-0.25, -0.2) is 0 Å². The zero-order chi connectivity index (χ0) is 42.1. The maximum Gasteiger partial charge on any atom is 0.0726 e. The number of rotatable bonds is 4. The van der Waals surface area contributed by atoms with E-state index in [0.717, 1.165) is 67.0 Å². The second-order valence-electron chi connectivity index (χ2n) is 15.7. The molecular weight excluding hydrogens is 663 g/mol. The van der Waals surface area contributed by atoms with E-state index < -0.39 is 19.1 Å². The highest BCUT2D eigenvalue weighted by Crippen LogP contribution is 2.65. The molecule has 8 aromatic rings. The van der Waals surface area contributed by atoms with Crippen LogP contribution in [0.3, 0.4) is 0 Å². The summed E-state index contributed by atoms with van der Waals surface area (Å²) < 4.78 is 52.7. The van der Waals surface area contributed by atoms with Gasteiger partial charge in [-0.2, -0.15) is 0 Å². The molecule has 0 N–H and O–H groups in total. The van der Waals surface area contributed by atoms with Gasteiger partial charge >= 0.3 is 0 Å². The first-order valence-corrected chi connectivity index (χ1v) is 19.0. The number of hydrogen-bond donors (Lipinski definition) is 0. The van der Waals surface area contributed by atoms with Crippen LogP contribution in [0.5, 0.6) is 0 Å². The highest BCUT2D eigenvalue weighted by molar-refractivity contribution is 6.02. The lowest BCUT2D eigenvalue weighted by molar-refractivity contribution is 0.660. The van der Waals surface area contributed by atoms with Crippen molar-refractivity contribution in [1.82, 2.24) is 0 Å². The third kappa shape index (κ3) is 4.36. The van der Waals surface area contributed by atoms with Crippen LogP contribution in [0.4, 0.5) is 17.1 Å². The molecule has 8 aromatic carbocycles. The number of aryl methyl sites for hydroxylation is 2. The average molecular weight is 710 g/mol. The Morgan fingerprint density at radius 1 is 0.400 bits per heavy atom. The number of hydrogen-bond acceptors (Lipinski definition) is 1. The monoisotopic (exact) mass is 709 g/mol. The van der Waals surface area contributed by atoms with Crippen molar-refractivity contribution in [1.29, 1.82) is 0 Å². The third-order valence-corrected chi connectivity index (χ3v) is 12.5. The minimum absolute atomic E-state index is 0.214. The molecule has 1 heteroatoms. The number of fused-ring (bicyclic) bond motifs is 13. The number of nitrogens with zero attached hydrogens (tertiary/aromatic N) is 1. The largest absolute Gasteiger partial charge is 0.310 e. The molecule has 55 heavy (non-hydrogen) atoms. The van der Waals surface area contributed by atoms with Crippen LogP contribution in [0.2, 0.25) is 0 Å². The summed E-state index contributed by atoms with van der Waals surface area (Å²) in [5.74, 6) is 0. The molecule has 3 aliphatic rings. The lowest BCUT2D eigenvalue weighted by Crippen LogP contribution is -2.26. The standard InChI is InChI=1S/C54H41N/c1-34-22-28-44-49(30-34)54(46-20-12-9-17-41(46)42-18-10-13-21-47(42)54)50-31-35(2)32-51(52(44)50)55(38-25-23-37(24-26-38)36-14-6-5-7-15-36)39-27-29-43-40-16-8-11-19-45(40)53(3,4)48(43)33-39/h5-33H,1-4H3/i1D3,2D3. The third-order valence-electron chi connectivity index (χ3n) is 12.5. The Balaban J connectivity index is 1.25. The van der Waals surface area contributed by atoms with E-state index in [9.17, 15) is 0 Å². The molecule has 0 aromatic heterocycles. The normalized spacial score (nSPS) is 16.5. The molecule has 262 valence electrons. The van der Waals surface area contributed by atoms with Gasteiger partial charge < -0.3 is 4.90 Å². The van der Waals surface area contributed by atoms with Crippen LogP contribution >= 0.6 is 0 Å². The lowest BCUT2D eigenvalue weighted by Gasteiger charge is -2.33. The van der Waals surface area contributed by atoms with Crippen molar-refractivity contribution < 1.29 is 8.22 Å². The molecule has 3 aliphatic carbocycles. The summed E-state index contributed by atoms with van der Waals surface area (Å²) in [6.07, 6.45) is 0. The fourth-order valence-electron chi connectivity index (χ4n) is 10.1. The molecule has 0 aliphatic heterocycles. The van der Waals surface area contributed by atoms with Crippen molar-refractivity contribution in [2.75, 3.05) is 4.90 Å².